The molecule has 0 radical (unpaired) electrons. The van der Waals surface area contributed by atoms with Crippen molar-refractivity contribution >= 4 is 39.2 Å². The number of nitrogens with zero attached hydrogens (tertiary/aromatic N) is 2. The van der Waals surface area contributed by atoms with Gasteiger partial charge in [0.05, 0.1) is 11.4 Å². The fraction of sp³-hybridized carbons (Fsp3) is 0.417. The molecule has 1 heterocycles. The van der Waals surface area contributed by atoms with Gasteiger partial charge in [0.2, 0.25) is 10.0 Å². The molecule has 0 aromatic heterocycles. The van der Waals surface area contributed by atoms with Crippen molar-refractivity contribution < 1.29 is 18.3 Å². The third kappa shape index (κ3) is 4.08. The predicted octanol–water partition coefficient (Wildman–Crippen LogP) is 1.38. The van der Waals surface area contributed by atoms with Gasteiger partial charge in [0, 0.05) is 36.2 Å². The van der Waals surface area contributed by atoms with Crippen LogP contribution in [0.15, 0.2) is 23.1 Å². The van der Waals surface area contributed by atoms with E-state index in [0.29, 0.717) is 13.1 Å². The molecule has 0 bridgehead atoms. The standard InChI is InChI=1S/C12H14Cl2N2O4S/c13-9-5-10(14)7-11(6-9)21(19,20)16-3-1-15(2-4-16)8-12(17)18/h5-7H,1-4,8H2,(H,17,18). The van der Waals surface area contributed by atoms with E-state index in [-0.39, 0.29) is 34.6 Å². The first-order valence-corrected chi connectivity index (χ1v) is 8.39. The van der Waals surface area contributed by atoms with Crippen LogP contribution in [0.2, 0.25) is 10.0 Å². The molecular weight excluding hydrogens is 339 g/mol. The van der Waals surface area contributed by atoms with Gasteiger partial charge in [-0.3, -0.25) is 9.69 Å². The van der Waals surface area contributed by atoms with Crippen molar-refractivity contribution in [3.8, 4) is 0 Å². The summed E-state index contributed by atoms with van der Waals surface area (Å²) in [6.45, 7) is 1.13. The zero-order valence-electron chi connectivity index (χ0n) is 11.0. The zero-order chi connectivity index (χ0) is 15.6. The largest absolute Gasteiger partial charge is 0.480 e. The van der Waals surface area contributed by atoms with Crippen LogP contribution in [0.25, 0.3) is 0 Å². The third-order valence-corrected chi connectivity index (χ3v) is 5.48. The maximum Gasteiger partial charge on any atom is 0.317 e. The average molecular weight is 353 g/mol. The minimum atomic E-state index is -3.67. The normalized spacial score (nSPS) is 17.8. The zero-order valence-corrected chi connectivity index (χ0v) is 13.3. The second-order valence-electron chi connectivity index (χ2n) is 4.68. The number of halogens is 2. The number of piperazine rings is 1. The molecule has 1 aromatic rings. The Bertz CT molecular complexity index is 622. The van der Waals surface area contributed by atoms with Gasteiger partial charge in [0.1, 0.15) is 0 Å². The topological polar surface area (TPSA) is 77.9 Å². The summed E-state index contributed by atoms with van der Waals surface area (Å²) in [5, 5.41) is 9.24. The van der Waals surface area contributed by atoms with Crippen molar-refractivity contribution in [1.82, 2.24) is 9.21 Å². The Kier molecular flexibility index (Phi) is 5.11. The highest BCUT2D eigenvalue weighted by molar-refractivity contribution is 7.89. The lowest BCUT2D eigenvalue weighted by Crippen LogP contribution is -2.49. The summed E-state index contributed by atoms with van der Waals surface area (Å²) >= 11 is 11.7. The van der Waals surface area contributed by atoms with Gasteiger partial charge >= 0.3 is 5.97 Å². The van der Waals surface area contributed by atoms with Crippen LogP contribution in [0.1, 0.15) is 0 Å². The Morgan fingerprint density at radius 2 is 1.62 bits per heavy atom. The van der Waals surface area contributed by atoms with Crippen LogP contribution in [0.3, 0.4) is 0 Å². The van der Waals surface area contributed by atoms with Crippen molar-refractivity contribution in [3.63, 3.8) is 0 Å². The highest BCUT2D eigenvalue weighted by atomic mass is 35.5. The molecule has 1 aliphatic heterocycles. The number of carboxylic acids is 1. The maximum absolute atomic E-state index is 12.5. The number of rotatable bonds is 4. The fourth-order valence-corrected chi connectivity index (χ4v) is 4.30. The lowest BCUT2D eigenvalue weighted by Gasteiger charge is -2.33. The van der Waals surface area contributed by atoms with E-state index in [1.165, 1.54) is 22.5 Å². The number of carbonyl (C=O) groups is 1. The third-order valence-electron chi connectivity index (χ3n) is 3.16. The molecule has 0 aliphatic carbocycles. The second kappa shape index (κ2) is 6.50. The van der Waals surface area contributed by atoms with Crippen LogP contribution in [0, 0.1) is 0 Å². The molecule has 21 heavy (non-hydrogen) atoms. The number of aliphatic carboxylic acids is 1. The van der Waals surface area contributed by atoms with Gasteiger partial charge in [0.25, 0.3) is 0 Å². The average Bonchev–Trinajstić information content (AvgIpc) is 2.37. The summed E-state index contributed by atoms with van der Waals surface area (Å²) in [7, 11) is -3.67. The highest BCUT2D eigenvalue weighted by Crippen LogP contribution is 2.25. The summed E-state index contributed by atoms with van der Waals surface area (Å²) in [6.07, 6.45) is 0. The van der Waals surface area contributed by atoms with E-state index in [2.05, 4.69) is 0 Å². The fourth-order valence-electron chi connectivity index (χ4n) is 2.15. The van der Waals surface area contributed by atoms with Crippen LogP contribution in [0.4, 0.5) is 0 Å². The van der Waals surface area contributed by atoms with E-state index < -0.39 is 16.0 Å². The lowest BCUT2D eigenvalue weighted by molar-refractivity contribution is -0.138. The van der Waals surface area contributed by atoms with Gasteiger partial charge in [0.15, 0.2) is 0 Å². The molecule has 6 nitrogen and oxygen atoms in total. The lowest BCUT2D eigenvalue weighted by atomic mass is 10.3. The van der Waals surface area contributed by atoms with Gasteiger partial charge in [-0.25, -0.2) is 8.42 Å². The molecule has 0 unspecified atom stereocenters. The van der Waals surface area contributed by atoms with Crippen molar-refractivity contribution in [1.29, 1.82) is 0 Å². The molecule has 0 saturated carbocycles. The van der Waals surface area contributed by atoms with Crippen LogP contribution in [-0.2, 0) is 14.8 Å². The molecule has 1 fully saturated rings. The van der Waals surface area contributed by atoms with E-state index in [4.69, 9.17) is 28.3 Å². The molecule has 2 rings (SSSR count). The maximum atomic E-state index is 12.5. The van der Waals surface area contributed by atoms with Crippen molar-refractivity contribution in [2.45, 2.75) is 4.90 Å². The van der Waals surface area contributed by atoms with Gasteiger partial charge in [-0.2, -0.15) is 4.31 Å². The Morgan fingerprint density at radius 1 is 1.10 bits per heavy atom. The van der Waals surface area contributed by atoms with Crippen molar-refractivity contribution in [2.75, 3.05) is 32.7 Å². The molecule has 1 aromatic carbocycles. The number of hydrogen-bond donors (Lipinski definition) is 1. The van der Waals surface area contributed by atoms with Crippen LogP contribution >= 0.6 is 23.2 Å². The number of carboxylic acid groups (broad SMARTS) is 1. The minimum Gasteiger partial charge on any atom is -0.480 e. The van der Waals surface area contributed by atoms with Crippen LogP contribution in [0.5, 0.6) is 0 Å². The Balaban J connectivity index is 2.13. The molecule has 1 aliphatic rings. The van der Waals surface area contributed by atoms with Crippen molar-refractivity contribution in [3.05, 3.63) is 28.2 Å². The predicted molar refractivity (Wildman–Crippen MR) is 79.3 cm³/mol. The SMILES string of the molecule is O=C(O)CN1CCN(S(=O)(=O)c2cc(Cl)cc(Cl)c2)CC1. The Labute approximate surface area is 132 Å². The van der Waals surface area contributed by atoms with Gasteiger partial charge in [-0.05, 0) is 18.2 Å². The van der Waals surface area contributed by atoms with E-state index in [0.717, 1.165) is 0 Å². The number of hydrogen-bond acceptors (Lipinski definition) is 4. The molecule has 116 valence electrons. The van der Waals surface area contributed by atoms with Gasteiger partial charge in [-0.1, -0.05) is 23.2 Å². The van der Waals surface area contributed by atoms with E-state index in [1.807, 2.05) is 0 Å². The monoisotopic (exact) mass is 352 g/mol. The van der Waals surface area contributed by atoms with Crippen LogP contribution in [-0.4, -0.2) is 61.4 Å². The Hall–Kier alpha value is -0.860. The molecule has 0 spiro atoms. The first kappa shape index (κ1) is 16.5. The minimum absolute atomic E-state index is 0.0479. The van der Waals surface area contributed by atoms with Crippen molar-refractivity contribution in [2.24, 2.45) is 0 Å². The van der Waals surface area contributed by atoms with E-state index in [9.17, 15) is 13.2 Å². The number of benzene rings is 1. The summed E-state index contributed by atoms with van der Waals surface area (Å²) in [5.74, 6) is -0.923. The first-order valence-electron chi connectivity index (χ1n) is 6.19. The quantitative estimate of drug-likeness (QED) is 0.885. The van der Waals surface area contributed by atoms with Gasteiger partial charge < -0.3 is 5.11 Å². The molecule has 1 saturated heterocycles. The summed E-state index contributed by atoms with van der Waals surface area (Å²) in [6, 6.07) is 4.17. The van der Waals surface area contributed by atoms with Crippen LogP contribution < -0.4 is 0 Å². The highest BCUT2D eigenvalue weighted by Gasteiger charge is 2.29. The molecule has 0 atom stereocenters. The summed E-state index contributed by atoms with van der Waals surface area (Å²) in [4.78, 5) is 12.4. The number of sulfonamides is 1. The van der Waals surface area contributed by atoms with E-state index >= 15 is 0 Å². The summed E-state index contributed by atoms with van der Waals surface area (Å²) < 4.78 is 26.3. The Morgan fingerprint density at radius 3 is 2.10 bits per heavy atom. The summed E-state index contributed by atoms with van der Waals surface area (Å²) in [5.41, 5.74) is 0. The second-order valence-corrected chi connectivity index (χ2v) is 7.49. The molecule has 0 amide bonds. The molecule has 1 N–H and O–H groups in total. The molecular formula is C12H14Cl2N2O4S. The smallest absolute Gasteiger partial charge is 0.317 e. The van der Waals surface area contributed by atoms with E-state index in [1.54, 1.807) is 4.90 Å². The first-order chi connectivity index (χ1) is 9.79. The van der Waals surface area contributed by atoms with Gasteiger partial charge in [-0.15, -0.1) is 0 Å². The molecule has 9 heteroatoms.